The molecule has 64 valence electrons. The Kier molecular flexibility index (Phi) is 4.94. The second-order valence-electron chi connectivity index (χ2n) is 2.02. The molecule has 0 spiro atoms. The Balaban J connectivity index is 0.00000121. The Labute approximate surface area is 98.5 Å². The average molecular weight is 219 g/mol. The van der Waals surface area contributed by atoms with E-state index in [4.69, 9.17) is 20.7 Å². The van der Waals surface area contributed by atoms with Gasteiger partial charge in [0.1, 0.15) is 0 Å². The summed E-state index contributed by atoms with van der Waals surface area (Å²) in [5.41, 5.74) is 0. The van der Waals surface area contributed by atoms with E-state index in [0.29, 0.717) is 5.02 Å². The maximum atomic E-state index is 10.6. The van der Waals surface area contributed by atoms with Crippen molar-refractivity contribution in [2.24, 2.45) is 0 Å². The van der Waals surface area contributed by atoms with Gasteiger partial charge in [0.25, 0.3) is 0 Å². The Morgan fingerprint density at radius 3 is 1.92 bits per heavy atom. The molecule has 0 atom stereocenters. The molecule has 0 aliphatic carbocycles. The monoisotopic (exact) mass is 218 g/mol. The van der Waals surface area contributed by atoms with Crippen LogP contribution in [0.25, 0.3) is 0 Å². The Morgan fingerprint density at radius 1 is 1.17 bits per heavy atom. The molecule has 1 aromatic carbocycles. The van der Waals surface area contributed by atoms with Gasteiger partial charge < -0.3 is 9.11 Å². The van der Waals surface area contributed by atoms with E-state index >= 15 is 0 Å². The van der Waals surface area contributed by atoms with Crippen LogP contribution in [0.5, 0.6) is 0 Å². The van der Waals surface area contributed by atoms with Gasteiger partial charge in [0.2, 0.25) is 0 Å². The van der Waals surface area contributed by atoms with Crippen LogP contribution in [0.4, 0.5) is 0 Å². The van der Waals surface area contributed by atoms with E-state index in [9.17, 15) is 4.21 Å². The van der Waals surface area contributed by atoms with Crippen molar-refractivity contribution in [1.82, 2.24) is 0 Å². The normalized spacial score (nSPS) is 11.9. The van der Waals surface area contributed by atoms with Crippen LogP contribution in [0.15, 0.2) is 29.2 Å². The van der Waals surface area contributed by atoms with E-state index in [1.807, 2.05) is 0 Å². The first-order chi connectivity index (χ1) is 5.00. The summed E-state index contributed by atoms with van der Waals surface area (Å²) in [5, 5.41) is 0.460. The molecule has 0 saturated heterocycles. The Morgan fingerprint density at radius 2 is 1.58 bits per heavy atom. The fraction of sp³-hybridized carbons (Fsp3) is 0. The number of thiol groups is 1. The third-order valence-corrected chi connectivity index (χ3v) is 2.39. The van der Waals surface area contributed by atoms with Crippen LogP contribution < -0.4 is 0 Å². The molecule has 0 aliphatic heterocycles. The zero-order chi connectivity index (χ0) is 8.48. The number of benzene rings is 1. The molecule has 0 bridgehead atoms. The Hall–Kier alpha value is 0.580. The fourth-order valence-electron chi connectivity index (χ4n) is 0.635. The molecule has 0 radical (unpaired) electrons. The molecular weight excluding hydrogens is 211 g/mol. The van der Waals surface area contributed by atoms with Crippen molar-refractivity contribution in [3.63, 3.8) is 0 Å². The molecule has 12 heavy (non-hydrogen) atoms. The predicted molar refractivity (Wildman–Crippen MR) is 51.7 cm³/mol. The van der Waals surface area contributed by atoms with Crippen molar-refractivity contribution >= 4 is 51.7 Å². The van der Waals surface area contributed by atoms with Gasteiger partial charge in [-0.05, 0) is 24.3 Å². The van der Waals surface area contributed by atoms with Gasteiger partial charge >= 0.3 is 29.6 Å². The summed E-state index contributed by atoms with van der Waals surface area (Å²) in [6, 6.07) is 5.50. The van der Waals surface area contributed by atoms with Crippen LogP contribution in [-0.4, -0.2) is 42.9 Å². The zero-order valence-corrected chi connectivity index (χ0v) is 7.09. The van der Waals surface area contributed by atoms with Gasteiger partial charge in [-0.3, -0.25) is 0 Å². The molecular formula is C6H8ClNaO3S. The quantitative estimate of drug-likeness (QED) is 0.487. The van der Waals surface area contributed by atoms with Gasteiger partial charge in [-0.1, -0.05) is 11.6 Å². The number of hydrogen-bond donors (Lipinski definition) is 3. The summed E-state index contributed by atoms with van der Waals surface area (Å²) in [6.45, 7) is 0. The van der Waals surface area contributed by atoms with E-state index in [2.05, 4.69) is 0 Å². The van der Waals surface area contributed by atoms with Crippen molar-refractivity contribution in [2.75, 3.05) is 0 Å². The minimum atomic E-state index is -4.10. The topological polar surface area (TPSA) is 57.5 Å². The number of hydrogen-bond acceptors (Lipinski definition) is 1. The number of halogens is 1. The van der Waals surface area contributed by atoms with Gasteiger partial charge in [0.15, 0.2) is 0 Å². The van der Waals surface area contributed by atoms with E-state index in [-0.39, 0.29) is 34.5 Å². The molecule has 3 nitrogen and oxygen atoms in total. The number of rotatable bonds is 1. The van der Waals surface area contributed by atoms with Crippen LogP contribution in [-0.2, 0) is 10.5 Å². The van der Waals surface area contributed by atoms with Gasteiger partial charge in [-0.2, -0.15) is 0 Å². The first-order valence-corrected chi connectivity index (χ1v) is 4.81. The summed E-state index contributed by atoms with van der Waals surface area (Å²) in [4.78, 5) is -0.0121. The average Bonchev–Trinajstić information content (AvgIpc) is 1.86. The first kappa shape index (κ1) is 12.6. The molecule has 2 N–H and O–H groups in total. The SMILES string of the molecule is O=[SH](O)(O)c1ccc(Cl)cc1.[NaH]. The van der Waals surface area contributed by atoms with Crippen molar-refractivity contribution < 1.29 is 13.3 Å². The van der Waals surface area contributed by atoms with Crippen LogP contribution in [0.1, 0.15) is 0 Å². The van der Waals surface area contributed by atoms with E-state index in [1.165, 1.54) is 24.3 Å². The summed E-state index contributed by atoms with van der Waals surface area (Å²) in [5.74, 6) is 0. The molecule has 1 aromatic rings. The van der Waals surface area contributed by atoms with Crippen LogP contribution in [0.3, 0.4) is 0 Å². The molecule has 0 aliphatic rings. The molecule has 0 fully saturated rings. The molecule has 0 heterocycles. The van der Waals surface area contributed by atoms with E-state index < -0.39 is 10.5 Å². The Bertz CT molecular complexity index is 294. The van der Waals surface area contributed by atoms with Crippen molar-refractivity contribution in [3.8, 4) is 0 Å². The van der Waals surface area contributed by atoms with Crippen LogP contribution >= 0.6 is 11.6 Å². The van der Waals surface area contributed by atoms with Gasteiger partial charge in [0, 0.05) is 5.02 Å². The van der Waals surface area contributed by atoms with Gasteiger partial charge in [-0.25, -0.2) is 4.21 Å². The third kappa shape index (κ3) is 3.53. The van der Waals surface area contributed by atoms with Crippen molar-refractivity contribution in [1.29, 1.82) is 0 Å². The molecule has 0 saturated carbocycles. The second kappa shape index (κ2) is 4.72. The first-order valence-electron chi connectivity index (χ1n) is 2.82. The molecule has 1 rings (SSSR count). The molecule has 0 amide bonds. The summed E-state index contributed by atoms with van der Waals surface area (Å²) < 4.78 is 27.9. The van der Waals surface area contributed by atoms with Gasteiger partial charge in [0.05, 0.1) is 15.4 Å². The summed E-state index contributed by atoms with van der Waals surface area (Å²) in [6.07, 6.45) is 0. The fourth-order valence-corrected chi connectivity index (χ4v) is 1.30. The standard InChI is InChI=1S/C6H7ClO3S.Na.H/c7-5-1-3-6(4-2-5)11(8,9)10;;/h1-4,11H,(H2,8,9,10);;. The third-order valence-electron chi connectivity index (χ3n) is 1.16. The second-order valence-corrected chi connectivity index (χ2v) is 4.06. The zero-order valence-electron chi connectivity index (χ0n) is 5.44. The molecule has 0 unspecified atom stereocenters. The predicted octanol–water partition coefficient (Wildman–Crippen LogP) is 1.01. The van der Waals surface area contributed by atoms with E-state index in [0.717, 1.165) is 0 Å². The van der Waals surface area contributed by atoms with E-state index in [1.54, 1.807) is 0 Å². The summed E-state index contributed by atoms with van der Waals surface area (Å²) in [7, 11) is -4.10. The van der Waals surface area contributed by atoms with Crippen molar-refractivity contribution in [2.45, 2.75) is 4.90 Å². The van der Waals surface area contributed by atoms with Gasteiger partial charge in [-0.15, -0.1) is 0 Å². The molecule has 6 heteroatoms. The minimum absolute atomic E-state index is 0. The summed E-state index contributed by atoms with van der Waals surface area (Å²) >= 11 is 5.51. The van der Waals surface area contributed by atoms with Crippen LogP contribution in [0, 0.1) is 0 Å². The van der Waals surface area contributed by atoms with Crippen molar-refractivity contribution in [3.05, 3.63) is 29.3 Å². The maximum absolute atomic E-state index is 10.6. The van der Waals surface area contributed by atoms with Crippen LogP contribution in [0.2, 0.25) is 5.02 Å². The molecule has 0 aromatic heterocycles.